The van der Waals surface area contributed by atoms with Crippen molar-refractivity contribution in [1.82, 2.24) is 10.3 Å². The van der Waals surface area contributed by atoms with Crippen LogP contribution < -0.4 is 15.8 Å². The molecule has 46 heavy (non-hydrogen) atoms. The predicted octanol–water partition coefficient (Wildman–Crippen LogP) is 8.37. The van der Waals surface area contributed by atoms with Gasteiger partial charge in [0.05, 0.1) is 6.04 Å². The molecular formula is C44H40N2. The van der Waals surface area contributed by atoms with E-state index in [-0.39, 0.29) is 11.5 Å². The molecule has 226 valence electrons. The van der Waals surface area contributed by atoms with Crippen molar-refractivity contribution in [1.29, 1.82) is 0 Å². The number of aromatic nitrogens is 1. The molecule has 4 aliphatic rings. The number of pyridine rings is 1. The van der Waals surface area contributed by atoms with Crippen molar-refractivity contribution >= 4 is 22.8 Å². The van der Waals surface area contributed by atoms with Crippen LogP contribution in [0.3, 0.4) is 0 Å². The zero-order valence-electron chi connectivity index (χ0n) is 26.9. The Hall–Kier alpha value is -4.95. The van der Waals surface area contributed by atoms with Crippen LogP contribution in [0.1, 0.15) is 66.6 Å². The number of allylic oxidation sites excluding steroid dienone is 7. The number of rotatable bonds is 4. The second kappa shape index (κ2) is 11.4. The van der Waals surface area contributed by atoms with Crippen molar-refractivity contribution in [3.8, 4) is 0 Å². The van der Waals surface area contributed by atoms with Crippen LogP contribution in [0.25, 0.3) is 22.8 Å². The van der Waals surface area contributed by atoms with Gasteiger partial charge < -0.3 is 5.32 Å². The van der Waals surface area contributed by atoms with E-state index >= 15 is 0 Å². The maximum absolute atomic E-state index is 4.16. The summed E-state index contributed by atoms with van der Waals surface area (Å²) < 4.78 is 0. The zero-order valence-corrected chi connectivity index (χ0v) is 26.9. The number of hydrogen-bond acceptors (Lipinski definition) is 2. The third kappa shape index (κ3) is 5.12. The third-order valence-corrected chi connectivity index (χ3v) is 10.1. The molecule has 3 aliphatic carbocycles. The molecule has 0 bridgehead atoms. The van der Waals surface area contributed by atoms with E-state index in [9.17, 15) is 0 Å². The smallest absolute Gasteiger partial charge is 0.0697 e. The van der Waals surface area contributed by atoms with Crippen molar-refractivity contribution in [2.45, 2.75) is 45.1 Å². The standard InChI is InChI=1S/C44H40N2/c1-44(2,3)36-19-16-31(17-20-36)42-37-8-4-6-10-39(37)43(40-11-7-5-9-38(40)42)33-15-13-29-12-14-32(26-35(29)27-33)34-18-21-41(46-28-34)30-22-24-45-25-23-30/h4-12,14,16-28,37,39,41,46H,13,15H2,1-3H3. The van der Waals surface area contributed by atoms with Gasteiger partial charge in [-0.15, -0.1) is 0 Å². The fourth-order valence-electron chi connectivity index (χ4n) is 7.67. The molecule has 2 heterocycles. The van der Waals surface area contributed by atoms with E-state index in [2.05, 4.69) is 159 Å². The lowest BCUT2D eigenvalue weighted by atomic mass is 9.68. The van der Waals surface area contributed by atoms with Gasteiger partial charge in [-0.2, -0.15) is 0 Å². The van der Waals surface area contributed by atoms with Gasteiger partial charge in [0.25, 0.3) is 0 Å². The summed E-state index contributed by atoms with van der Waals surface area (Å²) >= 11 is 0. The lowest BCUT2D eigenvalue weighted by Crippen LogP contribution is -2.40. The summed E-state index contributed by atoms with van der Waals surface area (Å²) in [5.74, 6) is 0.618. The lowest BCUT2D eigenvalue weighted by Gasteiger charge is -2.35. The fraction of sp³-hybridized carbons (Fsp3) is 0.205. The second-order valence-electron chi connectivity index (χ2n) is 14.0. The molecule has 0 saturated heterocycles. The monoisotopic (exact) mass is 596 g/mol. The van der Waals surface area contributed by atoms with Crippen LogP contribution >= 0.6 is 0 Å². The minimum absolute atomic E-state index is 0.136. The van der Waals surface area contributed by atoms with Crippen molar-refractivity contribution in [2.75, 3.05) is 0 Å². The molecule has 8 rings (SSSR count). The van der Waals surface area contributed by atoms with Gasteiger partial charge in [-0.3, -0.25) is 4.98 Å². The Kier molecular flexibility index (Phi) is 7.10. The molecule has 0 fully saturated rings. The van der Waals surface area contributed by atoms with Crippen LogP contribution in [0, 0.1) is 11.8 Å². The number of fused-ring (bicyclic) bond motifs is 3. The van der Waals surface area contributed by atoms with Gasteiger partial charge in [0.1, 0.15) is 0 Å². The largest absolute Gasteiger partial charge is 0.380 e. The normalized spacial score (nSPS) is 21.5. The Morgan fingerprint density at radius 2 is 1.41 bits per heavy atom. The molecule has 1 N–H and O–H groups in total. The number of benzene rings is 3. The molecule has 0 radical (unpaired) electrons. The molecule has 3 unspecified atom stereocenters. The molecule has 1 aromatic heterocycles. The zero-order chi connectivity index (χ0) is 31.3. The van der Waals surface area contributed by atoms with Gasteiger partial charge >= 0.3 is 0 Å². The first-order valence-electron chi connectivity index (χ1n) is 16.6. The minimum Gasteiger partial charge on any atom is -0.380 e. The first-order chi connectivity index (χ1) is 22.4. The molecule has 3 atom stereocenters. The maximum Gasteiger partial charge on any atom is 0.0697 e. The van der Waals surface area contributed by atoms with Crippen molar-refractivity contribution < 1.29 is 0 Å². The fourth-order valence-corrected chi connectivity index (χ4v) is 7.67. The van der Waals surface area contributed by atoms with Crippen molar-refractivity contribution in [2.24, 2.45) is 11.8 Å². The first-order valence-corrected chi connectivity index (χ1v) is 16.6. The minimum atomic E-state index is 0.136. The molecular weight excluding hydrogens is 556 g/mol. The molecule has 2 nitrogen and oxygen atoms in total. The average Bonchev–Trinajstić information content (AvgIpc) is 3.10. The third-order valence-electron chi connectivity index (χ3n) is 10.1. The Morgan fingerprint density at radius 3 is 2.11 bits per heavy atom. The summed E-state index contributed by atoms with van der Waals surface area (Å²) in [6, 6.07) is 29.8. The van der Waals surface area contributed by atoms with E-state index in [1.165, 1.54) is 66.1 Å². The number of nitrogens with one attached hydrogen (secondary N) is 1. The van der Waals surface area contributed by atoms with Gasteiger partial charge in [0.15, 0.2) is 0 Å². The van der Waals surface area contributed by atoms with Crippen LogP contribution in [-0.4, -0.2) is 4.98 Å². The highest BCUT2D eigenvalue weighted by atomic mass is 14.9. The van der Waals surface area contributed by atoms with Crippen molar-refractivity contribution in [3.05, 3.63) is 183 Å². The van der Waals surface area contributed by atoms with Crippen molar-refractivity contribution in [3.63, 3.8) is 0 Å². The van der Waals surface area contributed by atoms with Gasteiger partial charge in [0, 0.05) is 30.4 Å². The second-order valence-corrected chi connectivity index (χ2v) is 14.0. The molecule has 4 aromatic rings. The maximum atomic E-state index is 4.16. The Balaban J connectivity index is 1.21. The summed E-state index contributed by atoms with van der Waals surface area (Å²) in [7, 11) is 0. The van der Waals surface area contributed by atoms with Crippen LogP contribution in [0.15, 0.2) is 139 Å². The molecule has 2 heteroatoms. The van der Waals surface area contributed by atoms with E-state index in [0.29, 0.717) is 11.8 Å². The summed E-state index contributed by atoms with van der Waals surface area (Å²) in [6.07, 6.45) is 24.3. The molecule has 3 aromatic carbocycles. The highest BCUT2D eigenvalue weighted by Crippen LogP contribution is 2.43. The molecule has 0 spiro atoms. The Morgan fingerprint density at radius 1 is 0.717 bits per heavy atom. The van der Waals surface area contributed by atoms with Crippen LogP contribution in [-0.2, 0) is 11.8 Å². The summed E-state index contributed by atoms with van der Waals surface area (Å²) in [5, 5.41) is 6.34. The van der Waals surface area contributed by atoms with Crippen LogP contribution in [0.4, 0.5) is 0 Å². The van der Waals surface area contributed by atoms with Crippen LogP contribution in [0.2, 0.25) is 0 Å². The highest BCUT2D eigenvalue weighted by molar-refractivity contribution is 5.86. The van der Waals surface area contributed by atoms with E-state index in [1.54, 1.807) is 0 Å². The Labute approximate surface area is 272 Å². The van der Waals surface area contributed by atoms with E-state index in [4.69, 9.17) is 0 Å². The molecule has 0 amide bonds. The number of nitrogens with zero attached hydrogens (tertiary/aromatic N) is 1. The molecule has 0 saturated carbocycles. The molecule has 1 aliphatic heterocycles. The number of aryl methyl sites for hydroxylation is 1. The Bertz CT molecular complexity index is 2100. The average molecular weight is 597 g/mol. The van der Waals surface area contributed by atoms with Gasteiger partial charge in [-0.1, -0.05) is 124 Å². The summed E-state index contributed by atoms with van der Waals surface area (Å²) in [5.41, 5.74) is 13.7. The highest BCUT2D eigenvalue weighted by Gasteiger charge is 2.33. The SMILES string of the molecule is CC(C)(C)c1ccc(C2=c3ccccc3=C(C3=Cc4cc(C5=CNC(c6ccncc6)C=C5)ccc4CC3)C3C=CC=CC23)cc1. The topological polar surface area (TPSA) is 24.9 Å². The van der Waals surface area contributed by atoms with Gasteiger partial charge in [-0.25, -0.2) is 0 Å². The first kappa shape index (κ1) is 28.5. The van der Waals surface area contributed by atoms with E-state index in [0.717, 1.165) is 12.8 Å². The summed E-state index contributed by atoms with van der Waals surface area (Å²) in [4.78, 5) is 4.16. The predicted molar refractivity (Wildman–Crippen MR) is 192 cm³/mol. The van der Waals surface area contributed by atoms with Gasteiger partial charge in [0.2, 0.25) is 0 Å². The van der Waals surface area contributed by atoms with Crippen LogP contribution in [0.5, 0.6) is 0 Å². The number of dihydropyridines is 1. The quantitative estimate of drug-likeness (QED) is 0.256. The van der Waals surface area contributed by atoms with Gasteiger partial charge in [-0.05, 0) is 103 Å². The lowest BCUT2D eigenvalue weighted by molar-refractivity contribution is 0.590. The van der Waals surface area contributed by atoms with E-state index < -0.39 is 0 Å². The summed E-state index contributed by atoms with van der Waals surface area (Å²) in [6.45, 7) is 6.86. The number of hydrogen-bond donors (Lipinski definition) is 1. The van der Waals surface area contributed by atoms with E-state index in [1.807, 2.05) is 12.4 Å².